The normalized spacial score (nSPS) is 11.1. The number of methoxy groups -OCH3 is 1. The number of hydrazone groups is 1. The molecule has 2 aromatic heterocycles. The first-order valence-electron chi connectivity index (χ1n) is 11.2. The van der Waals surface area contributed by atoms with E-state index in [0.29, 0.717) is 28.7 Å². The van der Waals surface area contributed by atoms with Crippen LogP contribution >= 0.6 is 0 Å². The Morgan fingerprint density at radius 2 is 1.30 bits per heavy atom. The summed E-state index contributed by atoms with van der Waals surface area (Å²) in [6.45, 7) is 2.01. The van der Waals surface area contributed by atoms with Gasteiger partial charge in [0.25, 0.3) is 0 Å². The lowest BCUT2D eigenvalue weighted by Crippen LogP contribution is -2.18. The third-order valence-corrected chi connectivity index (χ3v) is 5.18. The van der Waals surface area contributed by atoms with E-state index in [4.69, 9.17) is 28.2 Å². The van der Waals surface area contributed by atoms with E-state index in [9.17, 15) is 9.59 Å². The van der Waals surface area contributed by atoms with Crippen molar-refractivity contribution < 1.29 is 37.7 Å². The van der Waals surface area contributed by atoms with Crippen LogP contribution in [-0.2, 0) is 13.2 Å². The molecule has 0 saturated heterocycles. The molecule has 2 aromatic carbocycles. The van der Waals surface area contributed by atoms with Crippen LogP contribution in [0.1, 0.15) is 45.1 Å². The van der Waals surface area contributed by atoms with E-state index < -0.39 is 11.9 Å². The maximum absolute atomic E-state index is 12.4. The largest absolute Gasteiger partial charge is 0.497 e. The molecule has 4 rings (SSSR count). The van der Waals surface area contributed by atoms with Gasteiger partial charge in [0.05, 0.1) is 12.8 Å². The molecule has 10 nitrogen and oxygen atoms in total. The van der Waals surface area contributed by atoms with Crippen LogP contribution in [0.5, 0.6) is 17.2 Å². The number of aromatic carboxylic acids is 1. The average molecular weight is 504 g/mol. The van der Waals surface area contributed by atoms with Gasteiger partial charge in [-0.05, 0) is 85.3 Å². The predicted molar refractivity (Wildman–Crippen MR) is 132 cm³/mol. The molecule has 0 bridgehead atoms. The molecule has 0 unspecified atom stereocenters. The first kappa shape index (κ1) is 25.1. The Morgan fingerprint density at radius 1 is 0.784 bits per heavy atom. The zero-order chi connectivity index (χ0) is 26.2. The lowest BCUT2D eigenvalue weighted by Gasteiger charge is -2.06. The van der Waals surface area contributed by atoms with Crippen LogP contribution in [0.3, 0.4) is 0 Å². The van der Waals surface area contributed by atoms with Gasteiger partial charge in [-0.3, -0.25) is 4.79 Å². The number of carbonyl (C=O) groups is 2. The van der Waals surface area contributed by atoms with Gasteiger partial charge in [0, 0.05) is 0 Å². The van der Waals surface area contributed by atoms with Crippen molar-refractivity contribution in [3.05, 3.63) is 101 Å². The van der Waals surface area contributed by atoms with Gasteiger partial charge in [0.15, 0.2) is 5.76 Å². The van der Waals surface area contributed by atoms with Crippen molar-refractivity contribution in [2.24, 2.45) is 5.10 Å². The van der Waals surface area contributed by atoms with Crippen molar-refractivity contribution in [3.8, 4) is 17.2 Å². The van der Waals surface area contributed by atoms with Gasteiger partial charge in [-0.1, -0.05) is 0 Å². The molecule has 0 spiro atoms. The summed E-state index contributed by atoms with van der Waals surface area (Å²) in [5, 5.41) is 13.0. The highest BCUT2D eigenvalue weighted by Gasteiger charge is 2.12. The number of ether oxygens (including phenoxy) is 3. The summed E-state index contributed by atoms with van der Waals surface area (Å²) < 4.78 is 27.1. The summed E-state index contributed by atoms with van der Waals surface area (Å²) in [5.74, 6) is 1.17. The average Bonchev–Trinajstić information content (AvgIpc) is 3.60. The molecule has 0 aliphatic heterocycles. The fourth-order valence-electron chi connectivity index (χ4n) is 3.18. The van der Waals surface area contributed by atoms with Crippen LogP contribution in [0.15, 0.2) is 86.7 Å². The highest BCUT2D eigenvalue weighted by molar-refractivity contribution is 6.00. The number of rotatable bonds is 11. The molecule has 10 heteroatoms. The molecule has 4 aromatic rings. The highest BCUT2D eigenvalue weighted by atomic mass is 16.5. The van der Waals surface area contributed by atoms with Crippen molar-refractivity contribution in [3.63, 3.8) is 0 Å². The number of nitrogens with zero attached hydrogens (tertiary/aromatic N) is 1. The predicted octanol–water partition coefficient (Wildman–Crippen LogP) is 4.89. The Morgan fingerprint density at radius 3 is 1.84 bits per heavy atom. The second-order valence-corrected chi connectivity index (χ2v) is 7.75. The molecular weight excluding hydrogens is 480 g/mol. The molecule has 0 fully saturated rings. The fraction of sp³-hybridized carbons (Fsp3) is 0.148. The number of carboxylic acid groups (broad SMARTS) is 1. The van der Waals surface area contributed by atoms with Crippen LogP contribution in [-0.4, -0.2) is 29.8 Å². The summed E-state index contributed by atoms with van der Waals surface area (Å²) in [5.41, 5.74) is 3.82. The van der Waals surface area contributed by atoms with Gasteiger partial charge in [0.1, 0.15) is 42.0 Å². The lowest BCUT2D eigenvalue weighted by molar-refractivity contribution is 0.0658. The molecule has 190 valence electrons. The van der Waals surface area contributed by atoms with E-state index in [1.165, 1.54) is 6.07 Å². The topological polar surface area (TPSA) is 133 Å². The summed E-state index contributed by atoms with van der Waals surface area (Å²) in [7, 11) is 1.59. The minimum Gasteiger partial charge on any atom is -0.497 e. The van der Waals surface area contributed by atoms with E-state index in [2.05, 4.69) is 10.5 Å². The Labute approximate surface area is 212 Å². The molecule has 1 amide bonds. The number of carboxylic acids is 1. The minimum atomic E-state index is -1.14. The Kier molecular flexibility index (Phi) is 7.89. The number of nitrogens with one attached hydrogen (secondary N) is 1. The molecular formula is C27H24N2O8. The first-order valence-corrected chi connectivity index (χ1v) is 11.2. The molecule has 2 heterocycles. The minimum absolute atomic E-state index is 0.0893. The highest BCUT2D eigenvalue weighted by Crippen LogP contribution is 2.19. The van der Waals surface area contributed by atoms with E-state index >= 15 is 0 Å². The molecule has 0 aliphatic carbocycles. The van der Waals surface area contributed by atoms with Crippen LogP contribution in [0.4, 0.5) is 0 Å². The smallest absolute Gasteiger partial charge is 0.371 e. The van der Waals surface area contributed by atoms with Crippen molar-refractivity contribution >= 4 is 17.6 Å². The van der Waals surface area contributed by atoms with Gasteiger partial charge in [-0.2, -0.15) is 5.10 Å². The molecule has 37 heavy (non-hydrogen) atoms. The zero-order valence-corrected chi connectivity index (χ0v) is 20.1. The number of carbonyl (C=O) groups excluding carboxylic acids is 1. The molecule has 0 radical (unpaired) electrons. The first-order chi connectivity index (χ1) is 17.9. The van der Waals surface area contributed by atoms with Gasteiger partial charge in [-0.15, -0.1) is 0 Å². The number of hydrogen-bond acceptors (Lipinski definition) is 8. The van der Waals surface area contributed by atoms with E-state index in [1.54, 1.807) is 80.8 Å². The molecule has 2 N–H and O–H groups in total. The summed E-state index contributed by atoms with van der Waals surface area (Å²) in [6.07, 6.45) is 0. The van der Waals surface area contributed by atoms with E-state index in [1.807, 2.05) is 0 Å². The monoisotopic (exact) mass is 504 g/mol. The Balaban J connectivity index is 1.26. The van der Waals surface area contributed by atoms with Crippen LogP contribution in [0.2, 0.25) is 0 Å². The van der Waals surface area contributed by atoms with Crippen LogP contribution < -0.4 is 19.6 Å². The maximum atomic E-state index is 12.4. The van der Waals surface area contributed by atoms with Crippen LogP contribution in [0, 0.1) is 0 Å². The summed E-state index contributed by atoms with van der Waals surface area (Å²) >= 11 is 0. The zero-order valence-electron chi connectivity index (χ0n) is 20.1. The van der Waals surface area contributed by atoms with Gasteiger partial charge < -0.3 is 28.2 Å². The SMILES string of the molecule is COc1ccc(OCc2ccc(C(=O)N/N=C(\C)c3ccc(OCc4ccc(C(=O)O)o4)cc3)o2)cc1. The molecule has 0 atom stereocenters. The number of benzene rings is 2. The van der Waals surface area contributed by atoms with Crippen molar-refractivity contribution in [2.75, 3.05) is 7.11 Å². The van der Waals surface area contributed by atoms with Crippen molar-refractivity contribution in [2.45, 2.75) is 20.1 Å². The standard InChI is InChI=1S/C27H24N2O8/c1-17(18-3-5-20(6-4-18)34-16-23-12-14-25(37-23)27(31)32)28-29-26(30)24-13-11-22(36-24)15-35-21-9-7-19(33-2)8-10-21/h3-14H,15-16H2,1-2H3,(H,29,30)(H,31,32)/b28-17+. The third kappa shape index (κ3) is 6.79. The van der Waals surface area contributed by atoms with Crippen molar-refractivity contribution in [1.82, 2.24) is 5.43 Å². The quantitative estimate of drug-likeness (QED) is 0.218. The van der Waals surface area contributed by atoms with Gasteiger partial charge in [0.2, 0.25) is 5.76 Å². The third-order valence-electron chi connectivity index (χ3n) is 5.18. The Bertz CT molecular complexity index is 1380. The summed E-state index contributed by atoms with van der Waals surface area (Å²) in [4.78, 5) is 23.3. The number of furan rings is 2. The fourth-order valence-corrected chi connectivity index (χ4v) is 3.18. The second-order valence-electron chi connectivity index (χ2n) is 7.75. The Hall–Kier alpha value is -4.99. The summed E-state index contributed by atoms with van der Waals surface area (Å²) in [6, 6.07) is 20.3. The van der Waals surface area contributed by atoms with Gasteiger partial charge >= 0.3 is 11.9 Å². The maximum Gasteiger partial charge on any atom is 0.371 e. The number of amides is 1. The molecule has 0 aliphatic rings. The van der Waals surface area contributed by atoms with Crippen molar-refractivity contribution in [1.29, 1.82) is 0 Å². The molecule has 0 saturated carbocycles. The van der Waals surface area contributed by atoms with E-state index in [-0.39, 0.29) is 24.7 Å². The lowest BCUT2D eigenvalue weighted by atomic mass is 10.1. The van der Waals surface area contributed by atoms with E-state index in [0.717, 1.165) is 11.3 Å². The van der Waals surface area contributed by atoms with Crippen LogP contribution in [0.25, 0.3) is 0 Å². The number of hydrogen-bond donors (Lipinski definition) is 2. The second kappa shape index (κ2) is 11.6. The van der Waals surface area contributed by atoms with Gasteiger partial charge in [-0.25, -0.2) is 10.2 Å².